The molecule has 0 bridgehead atoms. The molecule has 0 atom stereocenters. The van der Waals surface area contributed by atoms with Crippen molar-refractivity contribution in [3.63, 3.8) is 0 Å². The van der Waals surface area contributed by atoms with Crippen LogP contribution in [0.1, 0.15) is 13.8 Å². The molecule has 0 radical (unpaired) electrons. The Morgan fingerprint density at radius 2 is 1.78 bits per heavy atom. The fourth-order valence-corrected chi connectivity index (χ4v) is 4.52. The summed E-state index contributed by atoms with van der Waals surface area (Å²) in [7, 11) is -4.23. The summed E-state index contributed by atoms with van der Waals surface area (Å²) in [4.78, 5) is 11.9. The SMILES string of the molecule is CCOC(=O)CN(c1ccccc1OCC)S(=O)(=O)c1cc(Cl)ccc1Cl. The normalized spacial score (nSPS) is 11.1. The second-order valence-electron chi connectivity index (χ2n) is 5.29. The summed E-state index contributed by atoms with van der Waals surface area (Å²) in [6.45, 7) is 3.32. The molecule has 0 aliphatic carbocycles. The van der Waals surface area contributed by atoms with Gasteiger partial charge in [0, 0.05) is 5.02 Å². The molecule has 0 aliphatic rings. The highest BCUT2D eigenvalue weighted by atomic mass is 35.5. The third-order valence-corrected chi connectivity index (χ3v) is 5.95. The molecule has 0 heterocycles. The molecule has 0 aromatic heterocycles. The average Bonchev–Trinajstić information content (AvgIpc) is 2.63. The second-order valence-corrected chi connectivity index (χ2v) is 7.97. The molecule has 6 nitrogen and oxygen atoms in total. The highest BCUT2D eigenvalue weighted by Gasteiger charge is 2.31. The van der Waals surface area contributed by atoms with Crippen LogP contribution < -0.4 is 9.04 Å². The number of hydrogen-bond donors (Lipinski definition) is 0. The van der Waals surface area contributed by atoms with Gasteiger partial charge < -0.3 is 9.47 Å². The van der Waals surface area contributed by atoms with Gasteiger partial charge in [-0.25, -0.2) is 8.42 Å². The molecule has 0 amide bonds. The number of carbonyl (C=O) groups is 1. The van der Waals surface area contributed by atoms with Crippen LogP contribution in [-0.2, 0) is 19.6 Å². The van der Waals surface area contributed by atoms with Gasteiger partial charge in [0.05, 0.1) is 23.9 Å². The number of para-hydroxylation sites is 2. The summed E-state index contributed by atoms with van der Waals surface area (Å²) >= 11 is 12.1. The number of benzene rings is 2. The second kappa shape index (κ2) is 9.30. The van der Waals surface area contributed by atoms with Gasteiger partial charge >= 0.3 is 5.97 Å². The number of sulfonamides is 1. The van der Waals surface area contributed by atoms with Crippen molar-refractivity contribution >= 4 is 44.9 Å². The number of nitrogens with zero attached hydrogens (tertiary/aromatic N) is 1. The van der Waals surface area contributed by atoms with Gasteiger partial charge in [-0.2, -0.15) is 0 Å². The van der Waals surface area contributed by atoms with Crippen molar-refractivity contribution in [2.75, 3.05) is 24.1 Å². The molecule has 0 fully saturated rings. The van der Waals surface area contributed by atoms with Gasteiger partial charge in [-0.15, -0.1) is 0 Å². The van der Waals surface area contributed by atoms with Gasteiger partial charge in [0.25, 0.3) is 10.0 Å². The Morgan fingerprint density at radius 3 is 2.44 bits per heavy atom. The first-order valence-corrected chi connectivity index (χ1v) is 10.4. The number of anilines is 1. The smallest absolute Gasteiger partial charge is 0.326 e. The van der Waals surface area contributed by atoms with Gasteiger partial charge in [-0.3, -0.25) is 9.10 Å². The van der Waals surface area contributed by atoms with Gasteiger partial charge in [-0.05, 0) is 44.2 Å². The number of carbonyl (C=O) groups excluding carboxylic acids is 1. The minimum atomic E-state index is -4.23. The molecule has 0 saturated heterocycles. The minimum absolute atomic E-state index is 0.0119. The maximum absolute atomic E-state index is 13.3. The van der Waals surface area contributed by atoms with Crippen molar-refractivity contribution in [1.29, 1.82) is 0 Å². The molecular weight excluding hydrogens is 413 g/mol. The third kappa shape index (κ3) is 5.06. The summed E-state index contributed by atoms with van der Waals surface area (Å²) in [6.07, 6.45) is 0. The summed E-state index contributed by atoms with van der Waals surface area (Å²) in [6, 6.07) is 10.6. The molecule has 0 spiro atoms. The fraction of sp³-hybridized carbons (Fsp3) is 0.278. The minimum Gasteiger partial charge on any atom is -0.492 e. The van der Waals surface area contributed by atoms with E-state index in [2.05, 4.69) is 0 Å². The Bertz CT molecular complexity index is 918. The van der Waals surface area contributed by atoms with Crippen LogP contribution in [0.4, 0.5) is 5.69 Å². The van der Waals surface area contributed by atoms with E-state index in [0.717, 1.165) is 4.31 Å². The number of rotatable bonds is 8. The summed E-state index contributed by atoms with van der Waals surface area (Å²) in [5.41, 5.74) is 0.198. The third-order valence-electron chi connectivity index (χ3n) is 3.47. The van der Waals surface area contributed by atoms with Gasteiger partial charge in [-0.1, -0.05) is 35.3 Å². The first kappa shape index (κ1) is 21.3. The largest absolute Gasteiger partial charge is 0.492 e. The lowest BCUT2D eigenvalue weighted by Crippen LogP contribution is -2.37. The van der Waals surface area contributed by atoms with E-state index in [9.17, 15) is 13.2 Å². The van der Waals surface area contributed by atoms with Crippen molar-refractivity contribution in [2.24, 2.45) is 0 Å². The molecular formula is C18H19Cl2NO5S. The van der Waals surface area contributed by atoms with Crippen LogP contribution in [0.3, 0.4) is 0 Å². The molecule has 0 N–H and O–H groups in total. The Hall–Kier alpha value is -1.96. The lowest BCUT2D eigenvalue weighted by molar-refractivity contribution is -0.141. The average molecular weight is 432 g/mol. The maximum Gasteiger partial charge on any atom is 0.326 e. The Balaban J connectivity index is 2.62. The van der Waals surface area contributed by atoms with E-state index in [1.165, 1.54) is 18.2 Å². The number of halogens is 2. The Morgan fingerprint density at radius 1 is 1.07 bits per heavy atom. The quantitative estimate of drug-likeness (QED) is 0.586. The Labute approximate surface area is 168 Å². The molecule has 2 aromatic rings. The van der Waals surface area contributed by atoms with Crippen molar-refractivity contribution in [3.05, 3.63) is 52.5 Å². The summed E-state index contributed by atoms with van der Waals surface area (Å²) < 4.78 is 38.0. The fourth-order valence-electron chi connectivity index (χ4n) is 2.36. The predicted molar refractivity (Wildman–Crippen MR) is 105 cm³/mol. The summed E-state index contributed by atoms with van der Waals surface area (Å²) in [5.74, 6) is -0.392. The molecule has 9 heteroatoms. The predicted octanol–water partition coefficient (Wildman–Crippen LogP) is 4.15. The highest BCUT2D eigenvalue weighted by molar-refractivity contribution is 7.93. The number of esters is 1. The van der Waals surface area contributed by atoms with Gasteiger partial charge in [0.15, 0.2) is 0 Å². The van der Waals surface area contributed by atoms with Gasteiger partial charge in [0.1, 0.15) is 17.2 Å². The van der Waals surface area contributed by atoms with E-state index in [4.69, 9.17) is 32.7 Å². The maximum atomic E-state index is 13.3. The lowest BCUT2D eigenvalue weighted by Gasteiger charge is -2.26. The molecule has 2 rings (SSSR count). The van der Waals surface area contributed by atoms with Crippen molar-refractivity contribution in [3.8, 4) is 5.75 Å². The van der Waals surface area contributed by atoms with Crippen molar-refractivity contribution in [1.82, 2.24) is 0 Å². The van der Waals surface area contributed by atoms with Crippen LogP contribution in [0, 0.1) is 0 Å². The number of ether oxygens (including phenoxy) is 2. The molecule has 2 aromatic carbocycles. The molecule has 0 aliphatic heterocycles. The molecule has 0 saturated carbocycles. The summed E-state index contributed by atoms with van der Waals surface area (Å²) in [5, 5.41) is 0.189. The first-order valence-electron chi connectivity index (χ1n) is 8.16. The van der Waals surface area contributed by atoms with Gasteiger partial charge in [0.2, 0.25) is 0 Å². The zero-order valence-corrected chi connectivity index (χ0v) is 17.1. The first-order chi connectivity index (χ1) is 12.8. The van der Waals surface area contributed by atoms with E-state index in [1.807, 2.05) is 0 Å². The van der Waals surface area contributed by atoms with Crippen LogP contribution in [0.25, 0.3) is 0 Å². The zero-order chi connectivity index (χ0) is 20.0. The van der Waals surface area contributed by atoms with E-state index in [-0.39, 0.29) is 27.2 Å². The molecule has 146 valence electrons. The highest BCUT2D eigenvalue weighted by Crippen LogP contribution is 2.35. The van der Waals surface area contributed by atoms with Crippen LogP contribution in [0.15, 0.2) is 47.4 Å². The van der Waals surface area contributed by atoms with Crippen LogP contribution in [-0.4, -0.2) is 34.1 Å². The van der Waals surface area contributed by atoms with Crippen LogP contribution >= 0.6 is 23.2 Å². The molecule has 0 unspecified atom stereocenters. The van der Waals surface area contributed by atoms with E-state index < -0.39 is 22.5 Å². The topological polar surface area (TPSA) is 72.9 Å². The zero-order valence-electron chi connectivity index (χ0n) is 14.8. The van der Waals surface area contributed by atoms with Crippen molar-refractivity contribution in [2.45, 2.75) is 18.7 Å². The van der Waals surface area contributed by atoms with Crippen LogP contribution in [0.2, 0.25) is 10.0 Å². The van der Waals surface area contributed by atoms with E-state index >= 15 is 0 Å². The standard InChI is InChI=1S/C18H19Cl2NO5S/c1-3-25-16-8-6-5-7-15(16)21(12-18(22)26-4-2)27(23,24)17-11-13(19)9-10-14(17)20/h5-11H,3-4,12H2,1-2H3. The van der Waals surface area contributed by atoms with Crippen LogP contribution in [0.5, 0.6) is 5.75 Å². The van der Waals surface area contributed by atoms with E-state index in [1.54, 1.807) is 38.1 Å². The Kier molecular flexibility index (Phi) is 7.35. The lowest BCUT2D eigenvalue weighted by atomic mass is 10.3. The number of hydrogen-bond acceptors (Lipinski definition) is 5. The molecule has 27 heavy (non-hydrogen) atoms. The van der Waals surface area contributed by atoms with Crippen molar-refractivity contribution < 1.29 is 22.7 Å². The monoisotopic (exact) mass is 431 g/mol. The van der Waals surface area contributed by atoms with E-state index in [0.29, 0.717) is 12.4 Å².